The second kappa shape index (κ2) is 6.86. The quantitative estimate of drug-likeness (QED) is 0.901. The third-order valence-corrected chi connectivity index (χ3v) is 4.15. The molecule has 1 amide bonds. The summed E-state index contributed by atoms with van der Waals surface area (Å²) in [5.41, 5.74) is 7.98. The second-order valence-corrected chi connectivity index (χ2v) is 5.77. The monoisotopic (exact) mass is 331 g/mol. The molecule has 2 aliphatic rings. The zero-order valence-electron chi connectivity index (χ0n) is 12.2. The minimum atomic E-state index is -0.522. The van der Waals surface area contributed by atoms with Crippen LogP contribution >= 0.6 is 24.8 Å². The number of carbonyl (C=O) groups is 1. The Kier molecular flexibility index (Phi) is 5.91. The minimum Gasteiger partial charge on any atom is -0.368 e. The molecule has 1 saturated carbocycles. The van der Waals surface area contributed by atoms with Crippen LogP contribution in [0.5, 0.6) is 0 Å². The Bertz CT molecular complexity index is 497. The van der Waals surface area contributed by atoms with Gasteiger partial charge in [-0.25, -0.2) is 0 Å². The van der Waals surface area contributed by atoms with E-state index < -0.39 is 5.54 Å². The number of nitrogens with two attached hydrogens (primary N) is 1. The van der Waals surface area contributed by atoms with Gasteiger partial charge < -0.3 is 15.5 Å². The predicted molar refractivity (Wildman–Crippen MR) is 90.6 cm³/mol. The Balaban J connectivity index is 0.00000110. The highest BCUT2D eigenvalue weighted by Crippen LogP contribution is 2.34. The highest BCUT2D eigenvalue weighted by molar-refractivity contribution is 5.89. The van der Waals surface area contributed by atoms with Crippen LogP contribution in [0.1, 0.15) is 18.4 Å². The van der Waals surface area contributed by atoms with Gasteiger partial charge in [0, 0.05) is 31.9 Å². The van der Waals surface area contributed by atoms with Gasteiger partial charge in [-0.15, -0.1) is 24.8 Å². The second-order valence-electron chi connectivity index (χ2n) is 5.77. The summed E-state index contributed by atoms with van der Waals surface area (Å²) in [6.07, 6.45) is 1.70. The SMILES string of the molecule is Cc1cccc(N2CCN(C(=O)C3(N)CC3)CC2)c1.Cl.Cl. The predicted octanol–water partition coefficient (Wildman–Crippen LogP) is 1.98. The van der Waals surface area contributed by atoms with Gasteiger partial charge >= 0.3 is 0 Å². The van der Waals surface area contributed by atoms with Crippen LogP contribution in [0, 0.1) is 6.92 Å². The molecule has 4 nitrogen and oxygen atoms in total. The highest BCUT2D eigenvalue weighted by Gasteiger charge is 2.48. The number of hydrogen-bond donors (Lipinski definition) is 1. The third kappa shape index (κ3) is 3.82. The maximum absolute atomic E-state index is 12.2. The number of rotatable bonds is 2. The zero-order valence-corrected chi connectivity index (χ0v) is 13.9. The van der Waals surface area contributed by atoms with E-state index in [0.29, 0.717) is 0 Å². The van der Waals surface area contributed by atoms with Crippen LogP contribution < -0.4 is 10.6 Å². The molecule has 0 unspecified atom stereocenters. The largest absolute Gasteiger partial charge is 0.368 e. The molecule has 0 atom stereocenters. The molecular weight excluding hydrogens is 309 g/mol. The first-order chi connectivity index (χ1) is 9.08. The van der Waals surface area contributed by atoms with E-state index in [0.717, 1.165) is 39.0 Å². The molecular formula is C15H23Cl2N3O. The van der Waals surface area contributed by atoms with E-state index in [1.165, 1.54) is 11.3 Å². The standard InChI is InChI=1S/C15H21N3O.2ClH/c1-12-3-2-4-13(11-12)17-7-9-18(10-8-17)14(19)15(16)5-6-15;;/h2-4,11H,5-10,16H2,1H3;2*1H. The van der Waals surface area contributed by atoms with Crippen LogP contribution in [0.25, 0.3) is 0 Å². The van der Waals surface area contributed by atoms with Gasteiger partial charge in [-0.05, 0) is 37.5 Å². The number of aryl methyl sites for hydroxylation is 1. The number of benzene rings is 1. The summed E-state index contributed by atoms with van der Waals surface area (Å²) in [5.74, 6) is 0.149. The summed E-state index contributed by atoms with van der Waals surface area (Å²) >= 11 is 0. The van der Waals surface area contributed by atoms with Crippen LogP contribution in [-0.2, 0) is 4.79 Å². The normalized spacial score (nSPS) is 19.3. The van der Waals surface area contributed by atoms with Crippen molar-refractivity contribution in [1.82, 2.24) is 4.90 Å². The molecule has 21 heavy (non-hydrogen) atoms. The molecule has 0 bridgehead atoms. The lowest BCUT2D eigenvalue weighted by atomic mass is 10.1. The Morgan fingerprint density at radius 1 is 1.14 bits per heavy atom. The molecule has 1 heterocycles. The topological polar surface area (TPSA) is 49.6 Å². The Morgan fingerprint density at radius 3 is 2.29 bits per heavy atom. The van der Waals surface area contributed by atoms with Crippen LogP contribution in [0.15, 0.2) is 24.3 Å². The summed E-state index contributed by atoms with van der Waals surface area (Å²) in [4.78, 5) is 16.4. The lowest BCUT2D eigenvalue weighted by Gasteiger charge is -2.37. The van der Waals surface area contributed by atoms with Crippen LogP contribution in [0.2, 0.25) is 0 Å². The molecule has 118 valence electrons. The Hall–Kier alpha value is -0.970. The molecule has 2 fully saturated rings. The van der Waals surface area contributed by atoms with E-state index in [1.807, 2.05) is 4.90 Å². The van der Waals surface area contributed by atoms with Crippen molar-refractivity contribution < 1.29 is 4.79 Å². The van der Waals surface area contributed by atoms with Gasteiger partial charge in [0.2, 0.25) is 5.91 Å². The van der Waals surface area contributed by atoms with Gasteiger partial charge in [0.1, 0.15) is 0 Å². The fraction of sp³-hybridized carbons (Fsp3) is 0.533. The maximum atomic E-state index is 12.2. The van der Waals surface area contributed by atoms with Gasteiger partial charge in [-0.3, -0.25) is 4.79 Å². The van der Waals surface area contributed by atoms with Crippen molar-refractivity contribution in [2.75, 3.05) is 31.1 Å². The van der Waals surface area contributed by atoms with Gasteiger partial charge in [-0.1, -0.05) is 12.1 Å². The molecule has 1 aromatic rings. The Morgan fingerprint density at radius 2 is 1.76 bits per heavy atom. The van der Waals surface area contributed by atoms with Crippen molar-refractivity contribution in [3.05, 3.63) is 29.8 Å². The summed E-state index contributed by atoms with van der Waals surface area (Å²) in [5, 5.41) is 0. The molecule has 1 aliphatic heterocycles. The highest BCUT2D eigenvalue weighted by atomic mass is 35.5. The van der Waals surface area contributed by atoms with Crippen molar-refractivity contribution in [3.63, 3.8) is 0 Å². The molecule has 0 radical (unpaired) electrons. The van der Waals surface area contributed by atoms with Gasteiger partial charge in [0.15, 0.2) is 0 Å². The first kappa shape index (κ1) is 18.1. The van der Waals surface area contributed by atoms with Crippen LogP contribution in [-0.4, -0.2) is 42.5 Å². The molecule has 1 aromatic carbocycles. The number of amides is 1. The summed E-state index contributed by atoms with van der Waals surface area (Å²) in [6.45, 7) is 5.46. The first-order valence-electron chi connectivity index (χ1n) is 6.98. The fourth-order valence-corrected chi connectivity index (χ4v) is 2.66. The first-order valence-corrected chi connectivity index (χ1v) is 6.98. The molecule has 0 aromatic heterocycles. The number of hydrogen-bond acceptors (Lipinski definition) is 3. The minimum absolute atomic E-state index is 0. The molecule has 1 aliphatic carbocycles. The van der Waals surface area contributed by atoms with Crippen molar-refractivity contribution in [2.45, 2.75) is 25.3 Å². The van der Waals surface area contributed by atoms with E-state index >= 15 is 0 Å². The lowest BCUT2D eigenvalue weighted by Crippen LogP contribution is -2.54. The van der Waals surface area contributed by atoms with Crippen molar-refractivity contribution in [2.24, 2.45) is 5.73 Å². The zero-order chi connectivity index (χ0) is 13.5. The molecule has 2 N–H and O–H groups in total. The number of halogens is 2. The summed E-state index contributed by atoms with van der Waals surface area (Å²) in [7, 11) is 0. The lowest BCUT2D eigenvalue weighted by molar-refractivity contribution is -0.133. The van der Waals surface area contributed by atoms with E-state index in [1.54, 1.807) is 0 Å². The average molecular weight is 332 g/mol. The van der Waals surface area contributed by atoms with Crippen molar-refractivity contribution >= 4 is 36.4 Å². The van der Waals surface area contributed by atoms with Crippen molar-refractivity contribution in [1.29, 1.82) is 0 Å². The van der Waals surface area contributed by atoms with E-state index in [9.17, 15) is 4.79 Å². The number of piperazine rings is 1. The third-order valence-electron chi connectivity index (χ3n) is 4.15. The average Bonchev–Trinajstić information content (AvgIpc) is 3.17. The number of nitrogens with zero attached hydrogens (tertiary/aromatic N) is 2. The fourth-order valence-electron chi connectivity index (χ4n) is 2.66. The van der Waals surface area contributed by atoms with Crippen LogP contribution in [0.4, 0.5) is 5.69 Å². The number of carbonyl (C=O) groups excluding carboxylic acids is 1. The summed E-state index contributed by atoms with van der Waals surface area (Å²) < 4.78 is 0. The molecule has 1 saturated heterocycles. The number of anilines is 1. The van der Waals surface area contributed by atoms with Crippen molar-refractivity contribution in [3.8, 4) is 0 Å². The van der Waals surface area contributed by atoms with Crippen LogP contribution in [0.3, 0.4) is 0 Å². The van der Waals surface area contributed by atoms with E-state index in [4.69, 9.17) is 5.73 Å². The molecule has 3 rings (SSSR count). The van der Waals surface area contributed by atoms with E-state index in [2.05, 4.69) is 36.1 Å². The maximum Gasteiger partial charge on any atom is 0.242 e. The van der Waals surface area contributed by atoms with Gasteiger partial charge in [-0.2, -0.15) is 0 Å². The summed E-state index contributed by atoms with van der Waals surface area (Å²) in [6, 6.07) is 8.52. The van der Waals surface area contributed by atoms with E-state index in [-0.39, 0.29) is 30.7 Å². The molecule has 0 spiro atoms. The van der Waals surface area contributed by atoms with Gasteiger partial charge in [0.05, 0.1) is 5.54 Å². The van der Waals surface area contributed by atoms with Gasteiger partial charge in [0.25, 0.3) is 0 Å². The smallest absolute Gasteiger partial charge is 0.242 e. The molecule has 6 heteroatoms. The Labute approximate surface area is 138 Å².